The van der Waals surface area contributed by atoms with Gasteiger partial charge in [0.25, 0.3) is 5.56 Å². The smallest absolute Gasteiger partial charge is 0.271 e. The molecule has 2 unspecified atom stereocenters. The number of rotatable bonds is 4. The highest BCUT2D eigenvalue weighted by atomic mass is 16.2. The molecule has 1 aliphatic heterocycles. The molecule has 2 aromatic rings. The molecule has 0 saturated carbocycles. The van der Waals surface area contributed by atoms with E-state index in [-0.39, 0.29) is 29.1 Å². The van der Waals surface area contributed by atoms with Crippen LogP contribution in [0.15, 0.2) is 29.3 Å². The van der Waals surface area contributed by atoms with Crippen LogP contribution in [0.5, 0.6) is 0 Å². The van der Waals surface area contributed by atoms with Crippen molar-refractivity contribution in [3.8, 4) is 0 Å². The molecule has 0 aliphatic carbocycles. The highest BCUT2D eigenvalue weighted by molar-refractivity contribution is 5.94. The number of hydrogen-bond acceptors (Lipinski definition) is 4. The van der Waals surface area contributed by atoms with E-state index in [1.165, 1.54) is 0 Å². The first-order chi connectivity index (χ1) is 12.4. The summed E-state index contributed by atoms with van der Waals surface area (Å²) in [5.41, 5.74) is 1.42. The Morgan fingerprint density at radius 1 is 1.38 bits per heavy atom. The number of likely N-dealkylation sites (tertiary alicyclic amines) is 1. The molecule has 3 rings (SSSR count). The predicted octanol–water partition coefficient (Wildman–Crippen LogP) is 1.36. The van der Waals surface area contributed by atoms with E-state index >= 15 is 0 Å². The van der Waals surface area contributed by atoms with E-state index in [9.17, 15) is 14.4 Å². The van der Waals surface area contributed by atoms with Crippen molar-refractivity contribution in [1.29, 1.82) is 0 Å². The number of nitrogens with one attached hydrogen (secondary N) is 2. The summed E-state index contributed by atoms with van der Waals surface area (Å²) in [6, 6.07) is 2.94. The van der Waals surface area contributed by atoms with Crippen molar-refractivity contribution < 1.29 is 9.59 Å². The van der Waals surface area contributed by atoms with Crippen molar-refractivity contribution in [3.05, 3.63) is 46.1 Å². The van der Waals surface area contributed by atoms with E-state index in [1.54, 1.807) is 41.9 Å². The Labute approximate surface area is 151 Å². The zero-order chi connectivity index (χ0) is 18.8. The fourth-order valence-corrected chi connectivity index (χ4v) is 3.50. The Morgan fingerprint density at radius 3 is 2.77 bits per heavy atom. The molecule has 2 amide bonds. The number of aryl methyl sites for hydroxylation is 2. The summed E-state index contributed by atoms with van der Waals surface area (Å²) in [5.74, 6) is -0.685. The number of H-pyrrole nitrogens is 1. The minimum atomic E-state index is -0.447. The molecule has 0 bridgehead atoms. The van der Waals surface area contributed by atoms with Crippen LogP contribution in [-0.4, -0.2) is 38.0 Å². The maximum absolute atomic E-state index is 12.9. The number of pyridine rings is 1. The zero-order valence-electron chi connectivity index (χ0n) is 15.2. The largest absolute Gasteiger partial charge is 0.335 e. The zero-order valence-corrected chi connectivity index (χ0v) is 15.2. The molecule has 0 radical (unpaired) electrons. The van der Waals surface area contributed by atoms with E-state index in [2.05, 4.69) is 15.4 Å². The summed E-state index contributed by atoms with van der Waals surface area (Å²) in [5, 5.41) is 6.90. The van der Waals surface area contributed by atoms with E-state index in [4.69, 9.17) is 0 Å². The number of anilines is 1. The van der Waals surface area contributed by atoms with Gasteiger partial charge in [0, 0.05) is 37.5 Å². The van der Waals surface area contributed by atoms with Crippen LogP contribution in [0, 0.1) is 12.8 Å². The lowest BCUT2D eigenvalue weighted by Gasteiger charge is -2.39. The number of hydrogen-bond donors (Lipinski definition) is 2. The summed E-state index contributed by atoms with van der Waals surface area (Å²) in [7, 11) is 1.80. The lowest BCUT2D eigenvalue weighted by atomic mass is 9.84. The van der Waals surface area contributed by atoms with Gasteiger partial charge in [-0.25, -0.2) is 0 Å². The van der Waals surface area contributed by atoms with Crippen LogP contribution in [0.4, 0.5) is 5.69 Å². The number of carbonyl (C=O) groups is 2. The van der Waals surface area contributed by atoms with Crippen LogP contribution in [0.3, 0.4) is 0 Å². The van der Waals surface area contributed by atoms with E-state index < -0.39 is 5.92 Å². The third-order valence-electron chi connectivity index (χ3n) is 4.76. The molecule has 8 nitrogen and oxygen atoms in total. The molecule has 0 aromatic carbocycles. The van der Waals surface area contributed by atoms with Gasteiger partial charge in [0.15, 0.2) is 0 Å². The van der Waals surface area contributed by atoms with E-state index in [0.29, 0.717) is 19.4 Å². The SMILES string of the molecule is CCN1C(=O)CCC(C(=O)Nc2ccc(C)[nH]c2=O)C1c1cnn(C)c1. The first-order valence-corrected chi connectivity index (χ1v) is 8.69. The summed E-state index contributed by atoms with van der Waals surface area (Å²) in [6.07, 6.45) is 4.26. The molecular weight excluding hydrogens is 334 g/mol. The lowest BCUT2D eigenvalue weighted by Crippen LogP contribution is -2.46. The normalized spacial score (nSPS) is 20.3. The molecule has 2 atom stereocenters. The van der Waals surface area contributed by atoms with Gasteiger partial charge in [-0.3, -0.25) is 19.1 Å². The van der Waals surface area contributed by atoms with Gasteiger partial charge >= 0.3 is 0 Å². The average molecular weight is 357 g/mol. The first-order valence-electron chi connectivity index (χ1n) is 8.69. The van der Waals surface area contributed by atoms with Crippen LogP contribution in [-0.2, 0) is 16.6 Å². The molecule has 2 aromatic heterocycles. The lowest BCUT2D eigenvalue weighted by molar-refractivity contribution is -0.141. The standard InChI is InChI=1S/C18H23N5O3/c1-4-23-15(24)8-6-13(16(23)12-9-19-22(3)10-12)17(25)21-14-7-5-11(2)20-18(14)26/h5,7,9-10,13,16H,4,6,8H2,1-3H3,(H,20,26)(H,21,25). The van der Waals surface area contributed by atoms with Crippen molar-refractivity contribution in [3.63, 3.8) is 0 Å². The number of amides is 2. The molecule has 8 heteroatoms. The number of piperidine rings is 1. The highest BCUT2D eigenvalue weighted by Gasteiger charge is 2.40. The maximum atomic E-state index is 12.9. The summed E-state index contributed by atoms with van der Waals surface area (Å²) in [4.78, 5) is 41.7. The van der Waals surface area contributed by atoms with Gasteiger partial charge in [0.1, 0.15) is 5.69 Å². The third kappa shape index (κ3) is 3.40. The van der Waals surface area contributed by atoms with Crippen LogP contribution >= 0.6 is 0 Å². The second kappa shape index (κ2) is 7.15. The minimum Gasteiger partial charge on any atom is -0.335 e. The Bertz CT molecular complexity index is 885. The topological polar surface area (TPSA) is 100 Å². The average Bonchev–Trinajstić information content (AvgIpc) is 3.03. The Balaban J connectivity index is 1.91. The van der Waals surface area contributed by atoms with Gasteiger partial charge in [0.05, 0.1) is 18.2 Å². The van der Waals surface area contributed by atoms with Gasteiger partial charge < -0.3 is 15.2 Å². The van der Waals surface area contributed by atoms with Gasteiger partial charge in [-0.2, -0.15) is 5.10 Å². The predicted molar refractivity (Wildman–Crippen MR) is 96.5 cm³/mol. The second-order valence-corrected chi connectivity index (χ2v) is 6.59. The quantitative estimate of drug-likeness (QED) is 0.863. The van der Waals surface area contributed by atoms with E-state index in [1.807, 2.05) is 13.1 Å². The summed E-state index contributed by atoms with van der Waals surface area (Å²) >= 11 is 0. The van der Waals surface area contributed by atoms with Gasteiger partial charge in [-0.15, -0.1) is 0 Å². The van der Waals surface area contributed by atoms with Crippen molar-refractivity contribution in [2.24, 2.45) is 13.0 Å². The second-order valence-electron chi connectivity index (χ2n) is 6.59. The number of aromatic nitrogens is 3. The Morgan fingerprint density at radius 2 is 2.15 bits per heavy atom. The van der Waals surface area contributed by atoms with Crippen molar-refractivity contribution in [1.82, 2.24) is 19.7 Å². The number of carbonyl (C=O) groups excluding carboxylic acids is 2. The maximum Gasteiger partial charge on any atom is 0.271 e. The molecule has 26 heavy (non-hydrogen) atoms. The molecule has 1 fully saturated rings. The third-order valence-corrected chi connectivity index (χ3v) is 4.76. The van der Waals surface area contributed by atoms with Crippen LogP contribution in [0.2, 0.25) is 0 Å². The highest BCUT2D eigenvalue weighted by Crippen LogP contribution is 2.37. The molecule has 1 aliphatic rings. The van der Waals surface area contributed by atoms with Gasteiger partial charge in [0.2, 0.25) is 11.8 Å². The number of nitrogens with zero attached hydrogens (tertiary/aromatic N) is 3. The molecule has 2 N–H and O–H groups in total. The fraction of sp³-hybridized carbons (Fsp3) is 0.444. The Kier molecular flexibility index (Phi) is 4.92. The van der Waals surface area contributed by atoms with Crippen molar-refractivity contribution in [2.45, 2.75) is 32.7 Å². The summed E-state index contributed by atoms with van der Waals surface area (Å²) < 4.78 is 1.65. The fourth-order valence-electron chi connectivity index (χ4n) is 3.50. The van der Waals surface area contributed by atoms with Crippen molar-refractivity contribution >= 4 is 17.5 Å². The molecule has 1 saturated heterocycles. The molecule has 3 heterocycles. The minimum absolute atomic E-state index is 0.0265. The van der Waals surface area contributed by atoms with E-state index in [0.717, 1.165) is 11.3 Å². The molecule has 138 valence electrons. The Hall–Kier alpha value is -2.90. The van der Waals surface area contributed by atoms with Gasteiger partial charge in [-0.1, -0.05) is 0 Å². The number of aromatic amines is 1. The monoisotopic (exact) mass is 357 g/mol. The van der Waals surface area contributed by atoms with Crippen LogP contribution in [0.1, 0.15) is 37.1 Å². The van der Waals surface area contributed by atoms with Crippen LogP contribution < -0.4 is 10.9 Å². The first kappa shape index (κ1) is 17.9. The summed E-state index contributed by atoms with van der Waals surface area (Å²) in [6.45, 7) is 4.18. The van der Waals surface area contributed by atoms with Crippen LogP contribution in [0.25, 0.3) is 0 Å². The van der Waals surface area contributed by atoms with Crippen molar-refractivity contribution in [2.75, 3.05) is 11.9 Å². The molecular formula is C18H23N5O3. The molecule has 0 spiro atoms. The van der Waals surface area contributed by atoms with Gasteiger partial charge in [-0.05, 0) is 32.4 Å².